The molecule has 0 bridgehead atoms. The third-order valence-electron chi connectivity index (χ3n) is 3.34. The lowest BCUT2D eigenvalue weighted by molar-refractivity contribution is 0.122. The number of aromatic nitrogens is 1. The fourth-order valence-electron chi connectivity index (χ4n) is 2.33. The summed E-state index contributed by atoms with van der Waals surface area (Å²) in [5, 5.41) is 3.33. The SMILES string of the molecule is COCC1(CNS(=O)(=O)c2cncc(Br)c2)CCCN1.Cl. The third kappa shape index (κ3) is 4.87. The molecule has 120 valence electrons. The number of hydrogen-bond donors (Lipinski definition) is 2. The van der Waals surface area contributed by atoms with E-state index in [4.69, 9.17) is 4.74 Å². The lowest BCUT2D eigenvalue weighted by Crippen LogP contribution is -2.52. The molecule has 9 heteroatoms. The van der Waals surface area contributed by atoms with Crippen molar-refractivity contribution in [3.05, 3.63) is 22.9 Å². The van der Waals surface area contributed by atoms with Gasteiger partial charge < -0.3 is 10.1 Å². The number of methoxy groups -OCH3 is 1. The van der Waals surface area contributed by atoms with Crippen molar-refractivity contribution in [2.24, 2.45) is 0 Å². The molecule has 2 rings (SSSR count). The Morgan fingerprint density at radius 3 is 2.86 bits per heavy atom. The average molecular weight is 401 g/mol. The molecule has 0 aliphatic carbocycles. The molecular weight excluding hydrogens is 382 g/mol. The Labute approximate surface area is 139 Å². The van der Waals surface area contributed by atoms with Crippen molar-refractivity contribution < 1.29 is 13.2 Å². The first-order chi connectivity index (χ1) is 9.47. The van der Waals surface area contributed by atoms with E-state index in [1.807, 2.05) is 0 Å². The van der Waals surface area contributed by atoms with Gasteiger partial charge in [-0.2, -0.15) is 0 Å². The average Bonchev–Trinajstić information content (AvgIpc) is 2.86. The second kappa shape index (κ2) is 7.85. The minimum Gasteiger partial charge on any atom is -0.383 e. The zero-order valence-electron chi connectivity index (χ0n) is 11.6. The molecule has 0 amide bonds. The van der Waals surface area contributed by atoms with E-state index >= 15 is 0 Å². The Morgan fingerprint density at radius 1 is 1.52 bits per heavy atom. The Kier molecular flexibility index (Phi) is 7.02. The number of rotatable bonds is 6. The maximum Gasteiger partial charge on any atom is 0.242 e. The maximum atomic E-state index is 12.2. The van der Waals surface area contributed by atoms with Gasteiger partial charge in [0.1, 0.15) is 4.90 Å². The van der Waals surface area contributed by atoms with Crippen LogP contribution in [-0.4, -0.2) is 45.7 Å². The Morgan fingerprint density at radius 2 is 2.29 bits per heavy atom. The number of halogens is 2. The Balaban J connectivity index is 0.00000220. The summed E-state index contributed by atoms with van der Waals surface area (Å²) in [5.74, 6) is 0. The largest absolute Gasteiger partial charge is 0.383 e. The van der Waals surface area contributed by atoms with Crippen LogP contribution in [0, 0.1) is 0 Å². The summed E-state index contributed by atoms with van der Waals surface area (Å²) in [4.78, 5) is 4.03. The summed E-state index contributed by atoms with van der Waals surface area (Å²) < 4.78 is 33.0. The van der Waals surface area contributed by atoms with Gasteiger partial charge >= 0.3 is 0 Å². The van der Waals surface area contributed by atoms with Crippen LogP contribution in [0.5, 0.6) is 0 Å². The highest BCUT2D eigenvalue weighted by atomic mass is 79.9. The molecule has 1 unspecified atom stereocenters. The molecule has 0 radical (unpaired) electrons. The van der Waals surface area contributed by atoms with Gasteiger partial charge in [-0.3, -0.25) is 4.98 Å². The van der Waals surface area contributed by atoms with Crippen molar-refractivity contribution in [1.29, 1.82) is 0 Å². The smallest absolute Gasteiger partial charge is 0.242 e. The van der Waals surface area contributed by atoms with Gasteiger partial charge in [0.15, 0.2) is 0 Å². The summed E-state index contributed by atoms with van der Waals surface area (Å²) in [5.41, 5.74) is -0.318. The molecule has 6 nitrogen and oxygen atoms in total. The van der Waals surface area contributed by atoms with Crippen LogP contribution in [0.15, 0.2) is 27.8 Å². The molecule has 2 heterocycles. The topological polar surface area (TPSA) is 80.3 Å². The minimum absolute atomic E-state index is 0. The van der Waals surface area contributed by atoms with Gasteiger partial charge in [0.05, 0.1) is 12.1 Å². The van der Waals surface area contributed by atoms with Crippen molar-refractivity contribution in [3.8, 4) is 0 Å². The summed E-state index contributed by atoms with van der Waals surface area (Å²) in [7, 11) is -1.95. The van der Waals surface area contributed by atoms with Gasteiger partial charge in [-0.1, -0.05) is 0 Å². The van der Waals surface area contributed by atoms with Crippen molar-refractivity contribution in [1.82, 2.24) is 15.0 Å². The van der Waals surface area contributed by atoms with Crippen LogP contribution >= 0.6 is 28.3 Å². The zero-order chi connectivity index (χ0) is 14.6. The van der Waals surface area contributed by atoms with Crippen molar-refractivity contribution in [2.75, 3.05) is 26.8 Å². The summed E-state index contributed by atoms with van der Waals surface area (Å²) >= 11 is 3.22. The van der Waals surface area contributed by atoms with E-state index in [0.29, 0.717) is 17.6 Å². The first kappa shape index (κ1) is 18.8. The van der Waals surface area contributed by atoms with Gasteiger partial charge in [-0.25, -0.2) is 13.1 Å². The van der Waals surface area contributed by atoms with Crippen molar-refractivity contribution in [3.63, 3.8) is 0 Å². The number of pyridine rings is 1. The summed E-state index contributed by atoms with van der Waals surface area (Å²) in [6.45, 7) is 1.66. The van der Waals surface area contributed by atoms with Gasteiger partial charge in [0.2, 0.25) is 10.0 Å². The van der Waals surface area contributed by atoms with Gasteiger partial charge in [0, 0.05) is 30.5 Å². The maximum absolute atomic E-state index is 12.2. The van der Waals surface area contributed by atoms with Gasteiger partial charge in [-0.05, 0) is 41.4 Å². The molecule has 1 aromatic heterocycles. The molecule has 1 aliphatic heterocycles. The molecule has 1 aliphatic rings. The van der Waals surface area contributed by atoms with Crippen LogP contribution in [0.4, 0.5) is 0 Å². The van der Waals surface area contributed by atoms with Crippen molar-refractivity contribution in [2.45, 2.75) is 23.3 Å². The molecular formula is C12H19BrClN3O3S. The molecule has 0 spiro atoms. The molecule has 1 atom stereocenters. The first-order valence-corrected chi connectivity index (χ1v) is 8.59. The van der Waals surface area contributed by atoms with Crippen molar-refractivity contribution >= 4 is 38.4 Å². The van der Waals surface area contributed by atoms with E-state index in [0.717, 1.165) is 19.4 Å². The Hall–Kier alpha value is -0.250. The van der Waals surface area contributed by atoms with E-state index in [1.54, 1.807) is 13.3 Å². The molecule has 1 aromatic rings. The van der Waals surface area contributed by atoms with E-state index < -0.39 is 10.0 Å². The number of nitrogens with one attached hydrogen (secondary N) is 2. The van der Waals surface area contributed by atoms with Gasteiger partial charge in [0.25, 0.3) is 0 Å². The predicted octanol–water partition coefficient (Wildman–Crippen LogP) is 1.31. The van der Waals surface area contributed by atoms with Gasteiger partial charge in [-0.15, -0.1) is 12.4 Å². The lowest BCUT2D eigenvalue weighted by Gasteiger charge is -2.28. The number of ether oxygens (including phenoxy) is 1. The third-order valence-corrected chi connectivity index (χ3v) is 5.15. The molecule has 1 saturated heterocycles. The minimum atomic E-state index is -3.56. The normalized spacial score (nSPS) is 22.0. The molecule has 1 fully saturated rings. The van der Waals surface area contributed by atoms with Crippen LogP contribution in [0.2, 0.25) is 0 Å². The van der Waals surface area contributed by atoms with E-state index in [9.17, 15) is 8.42 Å². The number of sulfonamides is 1. The Bertz CT molecular complexity index is 565. The monoisotopic (exact) mass is 399 g/mol. The molecule has 2 N–H and O–H groups in total. The van der Waals surface area contributed by atoms with Crippen LogP contribution in [-0.2, 0) is 14.8 Å². The van der Waals surface area contributed by atoms with E-state index in [1.165, 1.54) is 12.3 Å². The van der Waals surface area contributed by atoms with Crippen LogP contribution in [0.3, 0.4) is 0 Å². The molecule has 0 saturated carbocycles. The van der Waals surface area contributed by atoms with Crippen LogP contribution in [0.1, 0.15) is 12.8 Å². The number of hydrogen-bond acceptors (Lipinski definition) is 5. The lowest BCUT2D eigenvalue weighted by atomic mass is 9.99. The summed E-state index contributed by atoms with van der Waals surface area (Å²) in [6, 6.07) is 1.53. The highest BCUT2D eigenvalue weighted by Gasteiger charge is 2.34. The predicted molar refractivity (Wildman–Crippen MR) is 86.2 cm³/mol. The van der Waals surface area contributed by atoms with Crippen LogP contribution in [0.25, 0.3) is 0 Å². The molecule has 21 heavy (non-hydrogen) atoms. The van der Waals surface area contributed by atoms with E-state index in [-0.39, 0.29) is 22.8 Å². The fraction of sp³-hybridized carbons (Fsp3) is 0.583. The highest BCUT2D eigenvalue weighted by Crippen LogP contribution is 2.20. The number of nitrogens with zero attached hydrogens (tertiary/aromatic N) is 1. The standard InChI is InChI=1S/C12H18BrN3O3S.ClH/c1-19-9-12(3-2-4-15-12)8-16-20(17,18)11-5-10(13)6-14-7-11;/h5-7,15-16H,2-4,8-9H2,1H3;1H. The second-order valence-electron chi connectivity index (χ2n) is 4.91. The quantitative estimate of drug-likeness (QED) is 0.752. The fourth-order valence-corrected chi connectivity index (χ4v) is 3.96. The zero-order valence-corrected chi connectivity index (χ0v) is 14.9. The van der Waals surface area contributed by atoms with E-state index in [2.05, 4.69) is 31.0 Å². The van der Waals surface area contributed by atoms with Crippen LogP contribution < -0.4 is 10.0 Å². The first-order valence-electron chi connectivity index (χ1n) is 6.32. The highest BCUT2D eigenvalue weighted by molar-refractivity contribution is 9.10. The summed E-state index contributed by atoms with van der Waals surface area (Å²) in [6.07, 6.45) is 4.78. The molecule has 0 aromatic carbocycles. The second-order valence-corrected chi connectivity index (χ2v) is 7.59.